The van der Waals surface area contributed by atoms with E-state index in [9.17, 15) is 15.0 Å². The maximum atomic E-state index is 11.2. The van der Waals surface area contributed by atoms with E-state index in [4.69, 9.17) is 0 Å². The number of phenolic OH excluding ortho intramolecular Hbond substituents is 1. The number of rotatable bonds is 3. The number of aromatic carboxylic acids is 1. The van der Waals surface area contributed by atoms with Crippen LogP contribution >= 0.6 is 0 Å². The number of carboxylic acids is 1. The maximum absolute atomic E-state index is 11.2. The summed E-state index contributed by atoms with van der Waals surface area (Å²) in [5.74, 6) is -0.904. The molecule has 0 amide bonds. The Kier molecular flexibility index (Phi) is 2.87. The van der Waals surface area contributed by atoms with Crippen LogP contribution in [-0.2, 0) is 6.54 Å². The molecule has 2 aromatic rings. The fraction of sp³-hybridized carbons (Fsp3) is 0.154. The number of aryl methyl sites for hydroxylation is 1. The number of para-hydroxylation sites is 1. The summed E-state index contributed by atoms with van der Waals surface area (Å²) in [7, 11) is 0. The molecule has 0 saturated carbocycles. The lowest BCUT2D eigenvalue weighted by atomic mass is 10.1. The summed E-state index contributed by atoms with van der Waals surface area (Å²) < 4.78 is 1.64. The monoisotopic (exact) mass is 231 g/mol. The summed E-state index contributed by atoms with van der Waals surface area (Å²) in [6.07, 6.45) is 1.71. The summed E-state index contributed by atoms with van der Waals surface area (Å²) in [6.45, 7) is 2.45. The Hall–Kier alpha value is -2.23. The van der Waals surface area contributed by atoms with Crippen molar-refractivity contribution >= 4 is 5.97 Å². The van der Waals surface area contributed by atoms with E-state index in [0.29, 0.717) is 17.7 Å². The fourth-order valence-electron chi connectivity index (χ4n) is 1.89. The molecule has 2 rings (SSSR count). The molecule has 0 aliphatic carbocycles. The molecule has 4 nitrogen and oxygen atoms in total. The third-order valence-corrected chi connectivity index (χ3v) is 2.70. The third kappa shape index (κ3) is 1.89. The van der Waals surface area contributed by atoms with Gasteiger partial charge in [-0.3, -0.25) is 0 Å². The maximum Gasteiger partial charge on any atom is 0.353 e. The molecule has 1 heterocycles. The minimum absolute atomic E-state index is 0.0869. The summed E-state index contributed by atoms with van der Waals surface area (Å²) in [4.78, 5) is 11.2. The molecule has 0 saturated heterocycles. The topological polar surface area (TPSA) is 62.5 Å². The summed E-state index contributed by atoms with van der Waals surface area (Å²) >= 11 is 0. The summed E-state index contributed by atoms with van der Waals surface area (Å²) in [5.41, 5.74) is 1.28. The van der Waals surface area contributed by atoms with Crippen molar-refractivity contribution in [3.63, 3.8) is 0 Å². The Bertz CT molecular complexity index is 558. The predicted molar refractivity (Wildman–Crippen MR) is 64.2 cm³/mol. The number of carboxylic acid groups (broad SMARTS) is 1. The molecule has 0 atom stereocenters. The van der Waals surface area contributed by atoms with Crippen molar-refractivity contribution in [1.82, 2.24) is 4.57 Å². The second kappa shape index (κ2) is 4.33. The van der Waals surface area contributed by atoms with Crippen LogP contribution in [0.2, 0.25) is 0 Å². The Labute approximate surface area is 98.8 Å². The van der Waals surface area contributed by atoms with Gasteiger partial charge < -0.3 is 14.8 Å². The van der Waals surface area contributed by atoms with E-state index in [2.05, 4.69) is 0 Å². The molecular formula is C13H13NO3. The predicted octanol–water partition coefficient (Wildman–Crippen LogP) is 2.58. The molecule has 0 fully saturated rings. The van der Waals surface area contributed by atoms with E-state index in [1.807, 2.05) is 6.92 Å². The highest BCUT2D eigenvalue weighted by atomic mass is 16.4. The molecule has 17 heavy (non-hydrogen) atoms. The number of aromatic hydroxyl groups is 1. The average molecular weight is 231 g/mol. The smallest absolute Gasteiger partial charge is 0.353 e. The van der Waals surface area contributed by atoms with Crippen molar-refractivity contribution in [2.45, 2.75) is 13.5 Å². The zero-order chi connectivity index (χ0) is 12.4. The minimum atomic E-state index is -0.991. The number of phenols is 1. The molecule has 0 radical (unpaired) electrons. The second-order valence-electron chi connectivity index (χ2n) is 3.69. The number of hydrogen-bond acceptors (Lipinski definition) is 2. The van der Waals surface area contributed by atoms with Crippen molar-refractivity contribution < 1.29 is 15.0 Å². The molecule has 0 aliphatic heterocycles. The van der Waals surface area contributed by atoms with Crippen LogP contribution in [0.3, 0.4) is 0 Å². The van der Waals surface area contributed by atoms with Crippen LogP contribution in [0, 0.1) is 0 Å². The third-order valence-electron chi connectivity index (χ3n) is 2.70. The van der Waals surface area contributed by atoms with Crippen molar-refractivity contribution in [2.75, 3.05) is 0 Å². The van der Waals surface area contributed by atoms with Gasteiger partial charge in [0, 0.05) is 23.9 Å². The fourth-order valence-corrected chi connectivity index (χ4v) is 1.89. The molecule has 0 aliphatic rings. The highest BCUT2D eigenvalue weighted by Gasteiger charge is 2.18. The SMILES string of the molecule is CCn1ccc(-c2ccccc2O)c1C(=O)O. The number of carbonyl (C=O) groups is 1. The first kappa shape index (κ1) is 11.3. The van der Waals surface area contributed by atoms with E-state index in [-0.39, 0.29) is 11.4 Å². The molecule has 0 bridgehead atoms. The van der Waals surface area contributed by atoms with Gasteiger partial charge in [0.25, 0.3) is 0 Å². The quantitative estimate of drug-likeness (QED) is 0.853. The molecule has 0 unspecified atom stereocenters. The number of benzene rings is 1. The van der Waals surface area contributed by atoms with E-state index >= 15 is 0 Å². The summed E-state index contributed by atoms with van der Waals surface area (Å²) in [5, 5.41) is 19.0. The first-order chi connectivity index (χ1) is 8.15. The molecule has 88 valence electrons. The molecule has 4 heteroatoms. The minimum Gasteiger partial charge on any atom is -0.507 e. The van der Waals surface area contributed by atoms with Crippen LogP contribution < -0.4 is 0 Å². The first-order valence-electron chi connectivity index (χ1n) is 5.36. The van der Waals surface area contributed by atoms with Gasteiger partial charge in [-0.2, -0.15) is 0 Å². The lowest BCUT2D eigenvalue weighted by Gasteiger charge is -2.06. The lowest BCUT2D eigenvalue weighted by molar-refractivity contribution is 0.0686. The van der Waals surface area contributed by atoms with Crippen LogP contribution in [0.1, 0.15) is 17.4 Å². The lowest BCUT2D eigenvalue weighted by Crippen LogP contribution is -2.07. The van der Waals surface area contributed by atoms with Gasteiger partial charge in [-0.15, -0.1) is 0 Å². The van der Waals surface area contributed by atoms with Crippen LogP contribution in [0.25, 0.3) is 11.1 Å². The zero-order valence-corrected chi connectivity index (χ0v) is 9.42. The van der Waals surface area contributed by atoms with Crippen LogP contribution in [0.4, 0.5) is 0 Å². The van der Waals surface area contributed by atoms with Gasteiger partial charge in [-0.05, 0) is 19.1 Å². The summed E-state index contributed by atoms with van der Waals surface area (Å²) in [6, 6.07) is 8.43. The number of hydrogen-bond donors (Lipinski definition) is 2. The van der Waals surface area contributed by atoms with E-state index in [0.717, 1.165) is 0 Å². The van der Waals surface area contributed by atoms with Crippen molar-refractivity contribution in [3.05, 3.63) is 42.2 Å². The van der Waals surface area contributed by atoms with Gasteiger partial charge in [0.15, 0.2) is 0 Å². The Morgan fingerprint density at radius 1 is 1.24 bits per heavy atom. The van der Waals surface area contributed by atoms with Gasteiger partial charge in [0.05, 0.1) is 0 Å². The van der Waals surface area contributed by atoms with Crippen molar-refractivity contribution in [3.8, 4) is 16.9 Å². The molecule has 2 N–H and O–H groups in total. The number of aromatic nitrogens is 1. The van der Waals surface area contributed by atoms with Crippen molar-refractivity contribution in [2.24, 2.45) is 0 Å². The van der Waals surface area contributed by atoms with E-state index < -0.39 is 5.97 Å². The average Bonchev–Trinajstić information content (AvgIpc) is 2.73. The number of nitrogens with zero attached hydrogens (tertiary/aromatic N) is 1. The molecule has 1 aromatic carbocycles. The Morgan fingerprint density at radius 3 is 2.53 bits per heavy atom. The highest BCUT2D eigenvalue weighted by molar-refractivity contribution is 5.95. The van der Waals surface area contributed by atoms with Gasteiger partial charge in [-0.25, -0.2) is 4.79 Å². The van der Waals surface area contributed by atoms with Crippen LogP contribution in [0.5, 0.6) is 5.75 Å². The van der Waals surface area contributed by atoms with Gasteiger partial charge in [0.1, 0.15) is 11.4 Å². The normalized spacial score (nSPS) is 10.4. The van der Waals surface area contributed by atoms with Gasteiger partial charge >= 0.3 is 5.97 Å². The van der Waals surface area contributed by atoms with Gasteiger partial charge in [-0.1, -0.05) is 18.2 Å². The van der Waals surface area contributed by atoms with Gasteiger partial charge in [0.2, 0.25) is 0 Å². The van der Waals surface area contributed by atoms with E-state index in [1.54, 1.807) is 41.1 Å². The standard InChI is InChI=1S/C13H13NO3/c1-2-14-8-7-10(12(14)13(16)17)9-5-3-4-6-11(9)15/h3-8,15H,2H2,1H3,(H,16,17). The zero-order valence-electron chi connectivity index (χ0n) is 9.42. The molecule has 0 spiro atoms. The van der Waals surface area contributed by atoms with E-state index in [1.165, 1.54) is 0 Å². The highest BCUT2D eigenvalue weighted by Crippen LogP contribution is 2.32. The molecule has 1 aromatic heterocycles. The Balaban J connectivity index is 2.64. The second-order valence-corrected chi connectivity index (χ2v) is 3.69. The molecular weight excluding hydrogens is 218 g/mol. The van der Waals surface area contributed by atoms with Crippen molar-refractivity contribution in [1.29, 1.82) is 0 Å². The van der Waals surface area contributed by atoms with Crippen LogP contribution in [-0.4, -0.2) is 20.7 Å². The first-order valence-corrected chi connectivity index (χ1v) is 5.36. The largest absolute Gasteiger partial charge is 0.507 e. The van der Waals surface area contributed by atoms with Crippen LogP contribution in [0.15, 0.2) is 36.5 Å². The Morgan fingerprint density at radius 2 is 1.94 bits per heavy atom.